The zero-order valence-electron chi connectivity index (χ0n) is 18.6. The van der Waals surface area contributed by atoms with Crippen molar-refractivity contribution in [2.45, 2.75) is 38.1 Å². The fourth-order valence-corrected chi connectivity index (χ4v) is 5.46. The van der Waals surface area contributed by atoms with Crippen molar-refractivity contribution in [1.29, 1.82) is 0 Å². The number of para-hydroxylation sites is 1. The van der Waals surface area contributed by atoms with Crippen LogP contribution in [-0.4, -0.2) is 58.0 Å². The highest BCUT2D eigenvalue weighted by Gasteiger charge is 2.34. The van der Waals surface area contributed by atoms with Gasteiger partial charge in [-0.25, -0.2) is 4.98 Å². The molecule has 0 spiro atoms. The van der Waals surface area contributed by atoms with Gasteiger partial charge in [-0.2, -0.15) is 0 Å². The fourth-order valence-electron chi connectivity index (χ4n) is 5.46. The molecule has 3 heterocycles. The van der Waals surface area contributed by atoms with Crippen LogP contribution in [0.2, 0.25) is 0 Å². The topological polar surface area (TPSA) is 58.4 Å². The van der Waals surface area contributed by atoms with Gasteiger partial charge in [0.05, 0.1) is 16.6 Å². The molecule has 2 aliphatic heterocycles. The maximum atomic E-state index is 13.1. The van der Waals surface area contributed by atoms with E-state index in [-0.39, 0.29) is 11.5 Å². The Morgan fingerprint density at radius 2 is 1.81 bits per heavy atom. The lowest BCUT2D eigenvalue weighted by Crippen LogP contribution is -2.51. The molecule has 166 valence electrons. The van der Waals surface area contributed by atoms with E-state index in [2.05, 4.69) is 9.88 Å². The minimum atomic E-state index is -0.110. The van der Waals surface area contributed by atoms with E-state index >= 15 is 0 Å². The lowest BCUT2D eigenvalue weighted by atomic mass is 9.83. The van der Waals surface area contributed by atoms with Gasteiger partial charge in [-0.3, -0.25) is 14.2 Å². The van der Waals surface area contributed by atoms with Gasteiger partial charge in [0, 0.05) is 25.2 Å². The van der Waals surface area contributed by atoms with Crippen LogP contribution in [0.3, 0.4) is 0 Å². The second-order valence-electron chi connectivity index (χ2n) is 9.17. The standard InChI is InChI=1S/C26H30N4O2/c1-28(17-20-7-6-16-29-15-5-4-10-24(20)29)25(31)19-11-13-21(14-12-19)30-18-27-23-9-3-2-8-22(23)26(30)32/h2-3,8-9,11-14,18,20,24H,4-7,10,15-17H2,1H3/t20-,24+/m0/s1. The number of hydrogen-bond acceptors (Lipinski definition) is 4. The third kappa shape index (κ3) is 3.95. The normalized spacial score (nSPS) is 21.3. The van der Waals surface area contributed by atoms with Crippen LogP contribution in [-0.2, 0) is 0 Å². The van der Waals surface area contributed by atoms with E-state index < -0.39 is 0 Å². The molecule has 0 N–H and O–H groups in total. The van der Waals surface area contributed by atoms with Gasteiger partial charge in [0.25, 0.3) is 11.5 Å². The maximum absolute atomic E-state index is 13.1. The van der Waals surface area contributed by atoms with Gasteiger partial charge in [-0.05, 0) is 81.1 Å². The van der Waals surface area contributed by atoms with Crippen LogP contribution in [0.25, 0.3) is 16.6 Å². The van der Waals surface area contributed by atoms with E-state index in [0.29, 0.717) is 34.1 Å². The Balaban J connectivity index is 1.31. The Hall–Kier alpha value is -2.99. The molecular weight excluding hydrogens is 400 g/mol. The molecule has 2 aliphatic rings. The maximum Gasteiger partial charge on any atom is 0.265 e. The summed E-state index contributed by atoms with van der Waals surface area (Å²) in [6, 6.07) is 15.2. The molecule has 1 amide bonds. The van der Waals surface area contributed by atoms with Crippen LogP contribution in [0, 0.1) is 5.92 Å². The number of nitrogens with zero attached hydrogens (tertiary/aromatic N) is 4. The van der Waals surface area contributed by atoms with Crippen molar-refractivity contribution in [2.24, 2.45) is 5.92 Å². The average molecular weight is 431 g/mol. The predicted octanol–water partition coefficient (Wildman–Crippen LogP) is 3.72. The van der Waals surface area contributed by atoms with E-state index in [1.54, 1.807) is 12.4 Å². The summed E-state index contributed by atoms with van der Waals surface area (Å²) in [5, 5.41) is 0.583. The van der Waals surface area contributed by atoms with E-state index in [1.807, 2.05) is 54.4 Å². The number of piperidine rings is 2. The van der Waals surface area contributed by atoms with Gasteiger partial charge in [0.1, 0.15) is 6.33 Å². The van der Waals surface area contributed by atoms with Gasteiger partial charge < -0.3 is 9.80 Å². The molecule has 2 atom stereocenters. The summed E-state index contributed by atoms with van der Waals surface area (Å²) in [6.07, 6.45) is 7.85. The molecule has 6 heteroatoms. The fraction of sp³-hybridized carbons (Fsp3) is 0.423. The average Bonchev–Trinajstić information content (AvgIpc) is 2.84. The first kappa shape index (κ1) is 20.9. The summed E-state index contributed by atoms with van der Waals surface area (Å²) in [7, 11) is 1.91. The second-order valence-corrected chi connectivity index (χ2v) is 9.17. The lowest BCUT2D eigenvalue weighted by molar-refractivity contribution is 0.0403. The first-order chi connectivity index (χ1) is 15.6. The molecule has 0 unspecified atom stereocenters. The van der Waals surface area contributed by atoms with Gasteiger partial charge in [-0.1, -0.05) is 18.6 Å². The smallest absolute Gasteiger partial charge is 0.265 e. The molecule has 1 aromatic heterocycles. The van der Waals surface area contributed by atoms with Crippen LogP contribution in [0.5, 0.6) is 0 Å². The molecule has 32 heavy (non-hydrogen) atoms. The zero-order valence-corrected chi connectivity index (χ0v) is 18.6. The van der Waals surface area contributed by atoms with Crippen LogP contribution in [0.15, 0.2) is 59.7 Å². The number of fused-ring (bicyclic) bond motifs is 2. The SMILES string of the molecule is CN(C[C@@H]1CCCN2CCCC[C@H]12)C(=O)c1ccc(-n2cnc3ccccc3c2=O)cc1. The van der Waals surface area contributed by atoms with Crippen molar-refractivity contribution in [3.05, 3.63) is 70.8 Å². The summed E-state index contributed by atoms with van der Waals surface area (Å²) in [4.78, 5) is 34.8. The molecule has 0 bridgehead atoms. The Morgan fingerprint density at radius 1 is 1.03 bits per heavy atom. The van der Waals surface area contributed by atoms with E-state index in [0.717, 1.165) is 6.54 Å². The van der Waals surface area contributed by atoms with Crippen molar-refractivity contribution in [3.8, 4) is 5.69 Å². The Morgan fingerprint density at radius 3 is 2.66 bits per heavy atom. The molecule has 6 nitrogen and oxygen atoms in total. The van der Waals surface area contributed by atoms with Gasteiger partial charge in [0.2, 0.25) is 0 Å². The third-order valence-electron chi connectivity index (χ3n) is 7.14. The summed E-state index contributed by atoms with van der Waals surface area (Å²) in [6.45, 7) is 3.22. The number of benzene rings is 2. The highest BCUT2D eigenvalue weighted by Crippen LogP contribution is 2.31. The van der Waals surface area contributed by atoms with E-state index in [9.17, 15) is 9.59 Å². The molecule has 0 aliphatic carbocycles. The Labute approximate surface area is 188 Å². The minimum absolute atomic E-state index is 0.0356. The Kier molecular flexibility index (Phi) is 5.79. The van der Waals surface area contributed by atoms with Crippen molar-refractivity contribution in [3.63, 3.8) is 0 Å². The Bertz CT molecular complexity index is 1170. The van der Waals surface area contributed by atoms with Crippen molar-refractivity contribution < 1.29 is 4.79 Å². The highest BCUT2D eigenvalue weighted by atomic mass is 16.2. The summed E-state index contributed by atoms with van der Waals surface area (Å²) < 4.78 is 1.53. The summed E-state index contributed by atoms with van der Waals surface area (Å²) >= 11 is 0. The monoisotopic (exact) mass is 430 g/mol. The van der Waals surface area contributed by atoms with Crippen molar-refractivity contribution in [1.82, 2.24) is 19.4 Å². The molecule has 2 aromatic carbocycles. The molecule has 3 aromatic rings. The number of aromatic nitrogens is 2. The van der Waals surface area contributed by atoms with Crippen LogP contribution >= 0.6 is 0 Å². The highest BCUT2D eigenvalue weighted by molar-refractivity contribution is 5.94. The second kappa shape index (κ2) is 8.87. The van der Waals surface area contributed by atoms with Gasteiger partial charge in [-0.15, -0.1) is 0 Å². The molecule has 2 fully saturated rings. The molecule has 0 radical (unpaired) electrons. The van der Waals surface area contributed by atoms with E-state index in [1.165, 1.54) is 49.8 Å². The van der Waals surface area contributed by atoms with Gasteiger partial charge in [0.15, 0.2) is 0 Å². The largest absolute Gasteiger partial charge is 0.341 e. The molecule has 0 saturated carbocycles. The number of carbonyl (C=O) groups excluding carboxylic acids is 1. The zero-order chi connectivity index (χ0) is 22.1. The minimum Gasteiger partial charge on any atom is -0.341 e. The number of amides is 1. The molecule has 5 rings (SSSR count). The van der Waals surface area contributed by atoms with Crippen molar-refractivity contribution >= 4 is 16.8 Å². The number of hydrogen-bond donors (Lipinski definition) is 0. The number of rotatable bonds is 4. The first-order valence-electron chi connectivity index (χ1n) is 11.7. The number of carbonyl (C=O) groups is 1. The molecule has 2 saturated heterocycles. The first-order valence-corrected chi connectivity index (χ1v) is 11.7. The van der Waals surface area contributed by atoms with Gasteiger partial charge >= 0.3 is 0 Å². The van der Waals surface area contributed by atoms with Crippen LogP contribution in [0.4, 0.5) is 0 Å². The summed E-state index contributed by atoms with van der Waals surface area (Å²) in [5.41, 5.74) is 1.93. The van der Waals surface area contributed by atoms with Crippen LogP contribution in [0.1, 0.15) is 42.5 Å². The molecular formula is C26H30N4O2. The van der Waals surface area contributed by atoms with Crippen LogP contribution < -0.4 is 5.56 Å². The van der Waals surface area contributed by atoms with E-state index in [4.69, 9.17) is 0 Å². The summed E-state index contributed by atoms with van der Waals surface area (Å²) in [5.74, 6) is 0.591. The lowest BCUT2D eigenvalue weighted by Gasteiger charge is -2.45. The predicted molar refractivity (Wildman–Crippen MR) is 126 cm³/mol. The third-order valence-corrected chi connectivity index (χ3v) is 7.14. The quantitative estimate of drug-likeness (QED) is 0.633. The van der Waals surface area contributed by atoms with Crippen molar-refractivity contribution in [2.75, 3.05) is 26.7 Å².